The van der Waals surface area contributed by atoms with Crippen LogP contribution < -0.4 is 20.1 Å². The van der Waals surface area contributed by atoms with Gasteiger partial charge in [-0.05, 0) is 45.0 Å². The van der Waals surface area contributed by atoms with Crippen molar-refractivity contribution < 1.29 is 19.0 Å². The Labute approximate surface area is 147 Å². The summed E-state index contributed by atoms with van der Waals surface area (Å²) in [5, 5.41) is 5.79. The fourth-order valence-corrected chi connectivity index (χ4v) is 2.00. The summed E-state index contributed by atoms with van der Waals surface area (Å²) in [6.45, 7) is 5.42. The van der Waals surface area contributed by atoms with Crippen molar-refractivity contribution in [1.82, 2.24) is 4.98 Å². The molecule has 1 amide bonds. The first kappa shape index (κ1) is 18.4. The lowest BCUT2D eigenvalue weighted by atomic mass is 10.2. The Morgan fingerprint density at radius 1 is 1.08 bits per heavy atom. The number of carbonyl (C=O) groups excluding carboxylic acids is 1. The first-order valence-corrected chi connectivity index (χ1v) is 7.76. The smallest absolute Gasteiger partial charge is 0.412 e. The first-order valence-electron chi connectivity index (χ1n) is 7.76. The highest BCUT2D eigenvalue weighted by atomic mass is 16.6. The van der Waals surface area contributed by atoms with Gasteiger partial charge in [-0.2, -0.15) is 0 Å². The molecule has 0 aliphatic rings. The summed E-state index contributed by atoms with van der Waals surface area (Å²) in [4.78, 5) is 16.0. The number of nitrogens with zero attached hydrogens (tertiary/aromatic N) is 1. The molecule has 0 spiro atoms. The van der Waals surface area contributed by atoms with Crippen molar-refractivity contribution in [2.75, 3.05) is 24.9 Å². The molecule has 0 bridgehead atoms. The lowest BCUT2D eigenvalue weighted by Crippen LogP contribution is -2.27. The van der Waals surface area contributed by atoms with Crippen LogP contribution in [0.1, 0.15) is 20.8 Å². The van der Waals surface area contributed by atoms with E-state index < -0.39 is 11.7 Å². The molecule has 0 aliphatic carbocycles. The lowest BCUT2D eigenvalue weighted by molar-refractivity contribution is 0.0636. The molecule has 134 valence electrons. The number of carbonyl (C=O) groups is 1. The number of aromatic nitrogens is 1. The molecule has 2 aromatic rings. The van der Waals surface area contributed by atoms with Gasteiger partial charge < -0.3 is 19.5 Å². The van der Waals surface area contributed by atoms with Crippen molar-refractivity contribution in [2.24, 2.45) is 0 Å². The van der Waals surface area contributed by atoms with Crippen molar-refractivity contribution in [2.45, 2.75) is 26.4 Å². The van der Waals surface area contributed by atoms with E-state index in [1.165, 1.54) is 0 Å². The van der Waals surface area contributed by atoms with Gasteiger partial charge in [0.1, 0.15) is 22.9 Å². The minimum atomic E-state index is -0.552. The van der Waals surface area contributed by atoms with Gasteiger partial charge in [-0.15, -0.1) is 0 Å². The number of rotatable bonds is 5. The molecule has 0 radical (unpaired) electrons. The third-order valence-electron chi connectivity index (χ3n) is 3.08. The minimum absolute atomic E-state index is 0.521. The number of methoxy groups -OCH3 is 2. The molecule has 0 fully saturated rings. The van der Waals surface area contributed by atoms with Crippen LogP contribution in [0.5, 0.6) is 11.5 Å². The maximum Gasteiger partial charge on any atom is 0.412 e. The standard InChI is InChI=1S/C18H23N3O4/c1-18(2,3)25-17(22)20-12-6-9-16(19-11-12)21-14-8-7-13(23-4)10-15(14)24-5/h6-11H,1-5H3,(H,19,21)(H,20,22). The Kier molecular flexibility index (Phi) is 5.69. The van der Waals surface area contributed by atoms with E-state index in [1.54, 1.807) is 59.4 Å². The summed E-state index contributed by atoms with van der Waals surface area (Å²) in [6.07, 6.45) is 1.02. The Hall–Kier alpha value is -2.96. The average Bonchev–Trinajstić information content (AvgIpc) is 2.55. The van der Waals surface area contributed by atoms with Gasteiger partial charge in [0.25, 0.3) is 0 Å². The Bertz CT molecular complexity index is 724. The molecule has 0 atom stereocenters. The Balaban J connectivity index is 2.04. The number of hydrogen-bond donors (Lipinski definition) is 2. The molecule has 2 N–H and O–H groups in total. The number of nitrogens with one attached hydrogen (secondary N) is 2. The van der Waals surface area contributed by atoms with E-state index in [2.05, 4.69) is 15.6 Å². The van der Waals surface area contributed by atoms with Crippen LogP contribution >= 0.6 is 0 Å². The van der Waals surface area contributed by atoms with Gasteiger partial charge in [0, 0.05) is 6.07 Å². The molecule has 0 unspecified atom stereocenters. The van der Waals surface area contributed by atoms with Crippen LogP contribution in [0, 0.1) is 0 Å². The van der Waals surface area contributed by atoms with Crippen molar-refractivity contribution >= 4 is 23.3 Å². The third kappa shape index (κ3) is 5.56. The SMILES string of the molecule is COc1ccc(Nc2ccc(NC(=O)OC(C)(C)C)cn2)c(OC)c1. The van der Waals surface area contributed by atoms with Gasteiger partial charge in [-0.3, -0.25) is 5.32 Å². The number of anilines is 3. The van der Waals surface area contributed by atoms with Gasteiger partial charge in [-0.25, -0.2) is 9.78 Å². The molecule has 25 heavy (non-hydrogen) atoms. The van der Waals surface area contributed by atoms with Gasteiger partial charge in [-0.1, -0.05) is 0 Å². The summed E-state index contributed by atoms with van der Waals surface area (Å²) in [5.74, 6) is 1.95. The molecular formula is C18H23N3O4. The van der Waals surface area contributed by atoms with E-state index in [1.807, 2.05) is 12.1 Å². The van der Waals surface area contributed by atoms with E-state index in [4.69, 9.17) is 14.2 Å². The zero-order valence-corrected chi connectivity index (χ0v) is 15.0. The Morgan fingerprint density at radius 3 is 2.40 bits per heavy atom. The molecule has 1 aromatic carbocycles. The van der Waals surface area contributed by atoms with Gasteiger partial charge in [0.05, 0.1) is 31.8 Å². The second kappa shape index (κ2) is 7.74. The fraction of sp³-hybridized carbons (Fsp3) is 0.333. The van der Waals surface area contributed by atoms with Gasteiger partial charge >= 0.3 is 6.09 Å². The van der Waals surface area contributed by atoms with E-state index in [9.17, 15) is 4.79 Å². The zero-order valence-electron chi connectivity index (χ0n) is 15.0. The largest absolute Gasteiger partial charge is 0.497 e. The van der Waals surface area contributed by atoms with E-state index >= 15 is 0 Å². The molecule has 7 heteroatoms. The number of amides is 1. The van der Waals surface area contributed by atoms with Crippen LogP contribution in [-0.2, 0) is 4.74 Å². The van der Waals surface area contributed by atoms with E-state index in [0.717, 1.165) is 5.69 Å². The molecule has 1 aromatic heterocycles. The lowest BCUT2D eigenvalue weighted by Gasteiger charge is -2.19. The second-order valence-electron chi connectivity index (χ2n) is 6.25. The summed E-state index contributed by atoms with van der Waals surface area (Å²) in [5.41, 5.74) is 0.745. The highest BCUT2D eigenvalue weighted by molar-refractivity contribution is 5.84. The predicted octanol–water partition coefficient (Wildman–Crippen LogP) is 4.19. The topological polar surface area (TPSA) is 81.7 Å². The molecular weight excluding hydrogens is 322 g/mol. The van der Waals surface area contributed by atoms with E-state index in [-0.39, 0.29) is 0 Å². The van der Waals surface area contributed by atoms with Crippen molar-refractivity contribution in [1.29, 1.82) is 0 Å². The maximum absolute atomic E-state index is 11.7. The predicted molar refractivity (Wildman–Crippen MR) is 96.9 cm³/mol. The zero-order chi connectivity index (χ0) is 18.4. The maximum atomic E-state index is 11.7. The molecule has 1 heterocycles. The fourth-order valence-electron chi connectivity index (χ4n) is 2.00. The van der Waals surface area contributed by atoms with Crippen LogP contribution in [0.15, 0.2) is 36.5 Å². The highest BCUT2D eigenvalue weighted by Crippen LogP contribution is 2.31. The second-order valence-corrected chi connectivity index (χ2v) is 6.25. The first-order chi connectivity index (χ1) is 11.8. The summed E-state index contributed by atoms with van der Waals surface area (Å²) in [7, 11) is 3.18. The Morgan fingerprint density at radius 2 is 1.84 bits per heavy atom. The van der Waals surface area contributed by atoms with Crippen LogP contribution in [0.4, 0.5) is 22.0 Å². The van der Waals surface area contributed by atoms with Crippen LogP contribution in [0.2, 0.25) is 0 Å². The minimum Gasteiger partial charge on any atom is -0.497 e. The van der Waals surface area contributed by atoms with E-state index in [0.29, 0.717) is 23.0 Å². The van der Waals surface area contributed by atoms with Crippen LogP contribution in [0.25, 0.3) is 0 Å². The third-order valence-corrected chi connectivity index (χ3v) is 3.08. The normalized spacial score (nSPS) is 10.8. The highest BCUT2D eigenvalue weighted by Gasteiger charge is 2.16. The van der Waals surface area contributed by atoms with Crippen LogP contribution in [0.3, 0.4) is 0 Å². The quantitative estimate of drug-likeness (QED) is 0.845. The number of pyridine rings is 1. The molecule has 0 saturated heterocycles. The van der Waals surface area contributed by atoms with Crippen molar-refractivity contribution in [3.63, 3.8) is 0 Å². The molecule has 7 nitrogen and oxygen atoms in total. The number of hydrogen-bond acceptors (Lipinski definition) is 6. The summed E-state index contributed by atoms with van der Waals surface area (Å²) >= 11 is 0. The number of ether oxygens (including phenoxy) is 3. The average molecular weight is 345 g/mol. The summed E-state index contributed by atoms with van der Waals surface area (Å²) in [6, 6.07) is 8.92. The molecule has 0 saturated carbocycles. The van der Waals surface area contributed by atoms with Crippen molar-refractivity contribution in [3.05, 3.63) is 36.5 Å². The van der Waals surface area contributed by atoms with Crippen LogP contribution in [-0.4, -0.2) is 30.9 Å². The monoisotopic (exact) mass is 345 g/mol. The molecule has 0 aliphatic heterocycles. The van der Waals surface area contributed by atoms with Crippen molar-refractivity contribution in [3.8, 4) is 11.5 Å². The number of benzene rings is 1. The van der Waals surface area contributed by atoms with Gasteiger partial charge in [0.2, 0.25) is 0 Å². The molecule has 2 rings (SSSR count). The summed E-state index contributed by atoms with van der Waals surface area (Å²) < 4.78 is 15.7. The van der Waals surface area contributed by atoms with Gasteiger partial charge in [0.15, 0.2) is 0 Å².